The lowest BCUT2D eigenvalue weighted by atomic mass is 9.89. The lowest BCUT2D eigenvalue weighted by Gasteiger charge is -2.41. The molecule has 0 amide bonds. The third-order valence-corrected chi connectivity index (χ3v) is 5.77. The maximum atomic E-state index is 10.3. The number of nitrogens with one attached hydrogen (secondary N) is 2. The van der Waals surface area contributed by atoms with Crippen molar-refractivity contribution in [3.63, 3.8) is 0 Å². The first-order chi connectivity index (χ1) is 13.3. The van der Waals surface area contributed by atoms with Crippen molar-refractivity contribution in [1.29, 1.82) is 0 Å². The quantitative estimate of drug-likeness (QED) is 0.504. The average molecular weight is 377 g/mol. The van der Waals surface area contributed by atoms with E-state index in [4.69, 9.17) is 4.42 Å². The molecule has 2 fully saturated rings. The van der Waals surface area contributed by atoms with E-state index in [0.717, 1.165) is 76.4 Å². The van der Waals surface area contributed by atoms with Crippen LogP contribution in [0.4, 0.5) is 0 Å². The van der Waals surface area contributed by atoms with Crippen LogP contribution in [-0.4, -0.2) is 60.3 Å². The summed E-state index contributed by atoms with van der Waals surface area (Å²) in [6, 6.07) is 4.76. The van der Waals surface area contributed by atoms with E-state index in [0.29, 0.717) is 12.1 Å². The summed E-state index contributed by atoms with van der Waals surface area (Å²) in [5, 5.41) is 17.4. The molecule has 0 radical (unpaired) electrons. The van der Waals surface area contributed by atoms with Crippen LogP contribution >= 0.6 is 0 Å². The average Bonchev–Trinajstić information content (AvgIpc) is 3.20. The second kappa shape index (κ2) is 10.7. The minimum atomic E-state index is -0.131. The van der Waals surface area contributed by atoms with Gasteiger partial charge in [-0.05, 0) is 44.2 Å². The van der Waals surface area contributed by atoms with Crippen LogP contribution in [0.15, 0.2) is 27.8 Å². The molecule has 1 aromatic rings. The predicted molar refractivity (Wildman–Crippen MR) is 109 cm³/mol. The molecule has 2 atom stereocenters. The van der Waals surface area contributed by atoms with Gasteiger partial charge in [0, 0.05) is 44.7 Å². The largest absolute Gasteiger partial charge is 0.469 e. The van der Waals surface area contributed by atoms with E-state index < -0.39 is 0 Å². The zero-order valence-electron chi connectivity index (χ0n) is 16.7. The Morgan fingerprint density at radius 2 is 2.07 bits per heavy atom. The van der Waals surface area contributed by atoms with Crippen LogP contribution in [0.1, 0.15) is 57.6 Å². The molecule has 3 N–H and O–H groups in total. The van der Waals surface area contributed by atoms with Crippen molar-refractivity contribution in [3.05, 3.63) is 24.2 Å². The summed E-state index contributed by atoms with van der Waals surface area (Å²) in [5.74, 6) is 1.91. The van der Waals surface area contributed by atoms with E-state index >= 15 is 0 Å². The van der Waals surface area contributed by atoms with Crippen LogP contribution in [-0.2, 0) is 6.42 Å². The predicted octanol–water partition coefficient (Wildman–Crippen LogP) is 2.54. The van der Waals surface area contributed by atoms with Gasteiger partial charge in [-0.3, -0.25) is 9.89 Å². The number of aliphatic imine (C=N–C) groups is 1. The SMILES string of the molecule is CCCN=C(NCCc1ccco1)NC1CCN(C2CCCCC2O)CC1. The van der Waals surface area contributed by atoms with Gasteiger partial charge >= 0.3 is 0 Å². The molecule has 3 rings (SSSR count). The van der Waals surface area contributed by atoms with E-state index in [1.807, 2.05) is 12.1 Å². The number of aliphatic hydroxyl groups is 1. The second-order valence-corrected chi connectivity index (χ2v) is 7.86. The molecule has 0 bridgehead atoms. The first kappa shape index (κ1) is 20.2. The fraction of sp³-hybridized carbons (Fsp3) is 0.762. The first-order valence-electron chi connectivity index (χ1n) is 10.8. The van der Waals surface area contributed by atoms with Crippen molar-refractivity contribution in [3.8, 4) is 0 Å². The number of piperidine rings is 1. The van der Waals surface area contributed by atoms with Crippen molar-refractivity contribution in [2.45, 2.75) is 76.5 Å². The van der Waals surface area contributed by atoms with Crippen LogP contribution in [0.25, 0.3) is 0 Å². The summed E-state index contributed by atoms with van der Waals surface area (Å²) < 4.78 is 5.40. The zero-order valence-corrected chi connectivity index (χ0v) is 16.7. The second-order valence-electron chi connectivity index (χ2n) is 7.86. The number of rotatable bonds is 7. The van der Waals surface area contributed by atoms with E-state index in [1.54, 1.807) is 6.26 Å². The van der Waals surface area contributed by atoms with Gasteiger partial charge in [0.1, 0.15) is 5.76 Å². The van der Waals surface area contributed by atoms with Gasteiger partial charge in [-0.1, -0.05) is 19.8 Å². The molecule has 2 heterocycles. The van der Waals surface area contributed by atoms with Crippen molar-refractivity contribution in [2.75, 3.05) is 26.2 Å². The minimum absolute atomic E-state index is 0.131. The van der Waals surface area contributed by atoms with Crippen molar-refractivity contribution in [2.24, 2.45) is 4.99 Å². The summed E-state index contributed by atoms with van der Waals surface area (Å²) in [6.45, 7) is 5.93. The van der Waals surface area contributed by atoms with Gasteiger partial charge < -0.3 is 20.2 Å². The highest BCUT2D eigenvalue weighted by Gasteiger charge is 2.31. The number of furan rings is 1. The van der Waals surface area contributed by atoms with Crippen LogP contribution in [0.5, 0.6) is 0 Å². The highest BCUT2D eigenvalue weighted by molar-refractivity contribution is 5.80. The Morgan fingerprint density at radius 3 is 2.78 bits per heavy atom. The highest BCUT2D eigenvalue weighted by atomic mass is 16.3. The highest BCUT2D eigenvalue weighted by Crippen LogP contribution is 2.25. The molecule has 6 nitrogen and oxygen atoms in total. The molecule has 1 saturated carbocycles. The number of nitrogens with zero attached hydrogens (tertiary/aromatic N) is 2. The molecule has 1 saturated heterocycles. The van der Waals surface area contributed by atoms with Gasteiger partial charge in [0.15, 0.2) is 5.96 Å². The number of guanidine groups is 1. The van der Waals surface area contributed by atoms with Crippen molar-refractivity contribution in [1.82, 2.24) is 15.5 Å². The molecule has 1 aromatic heterocycles. The van der Waals surface area contributed by atoms with E-state index in [2.05, 4.69) is 27.4 Å². The van der Waals surface area contributed by atoms with Crippen LogP contribution in [0, 0.1) is 0 Å². The summed E-state index contributed by atoms with van der Waals surface area (Å²) in [4.78, 5) is 7.20. The fourth-order valence-corrected chi connectivity index (χ4v) is 4.22. The molecular formula is C21H36N4O2. The van der Waals surface area contributed by atoms with E-state index in [9.17, 15) is 5.11 Å². The Kier molecular flexibility index (Phi) is 8.02. The number of aliphatic hydroxyl groups excluding tert-OH is 1. The van der Waals surface area contributed by atoms with E-state index in [1.165, 1.54) is 12.8 Å². The number of hydrogen-bond acceptors (Lipinski definition) is 4. The van der Waals surface area contributed by atoms with Gasteiger partial charge in [0.25, 0.3) is 0 Å². The van der Waals surface area contributed by atoms with Crippen molar-refractivity contribution >= 4 is 5.96 Å². The fourth-order valence-electron chi connectivity index (χ4n) is 4.22. The Balaban J connectivity index is 1.43. The summed E-state index contributed by atoms with van der Waals surface area (Å²) in [6.07, 6.45) is 10.3. The number of likely N-dealkylation sites (tertiary alicyclic amines) is 1. The summed E-state index contributed by atoms with van der Waals surface area (Å²) in [7, 11) is 0. The smallest absolute Gasteiger partial charge is 0.191 e. The molecule has 0 aromatic carbocycles. The van der Waals surface area contributed by atoms with Crippen LogP contribution < -0.4 is 10.6 Å². The summed E-state index contributed by atoms with van der Waals surface area (Å²) >= 11 is 0. The third kappa shape index (κ3) is 6.25. The van der Waals surface area contributed by atoms with E-state index in [-0.39, 0.29) is 6.10 Å². The Labute approximate surface area is 163 Å². The normalized spacial score (nSPS) is 25.5. The molecule has 0 spiro atoms. The Morgan fingerprint density at radius 1 is 1.26 bits per heavy atom. The minimum Gasteiger partial charge on any atom is -0.469 e. The molecule has 6 heteroatoms. The number of hydrogen-bond donors (Lipinski definition) is 3. The summed E-state index contributed by atoms with van der Waals surface area (Å²) in [5.41, 5.74) is 0. The van der Waals surface area contributed by atoms with Gasteiger partial charge in [0.2, 0.25) is 0 Å². The molecular weight excluding hydrogens is 340 g/mol. The standard InChI is InChI=1S/C21H36N4O2/c1-2-12-22-21(23-13-9-18-6-5-16-27-18)24-17-10-14-25(15-11-17)19-7-3-4-8-20(19)26/h5-6,16-17,19-20,26H,2-4,7-15H2,1H3,(H2,22,23,24). The van der Waals surface area contributed by atoms with Crippen LogP contribution in [0.3, 0.4) is 0 Å². The Bertz CT molecular complexity index is 553. The third-order valence-electron chi connectivity index (χ3n) is 5.77. The lowest BCUT2D eigenvalue weighted by molar-refractivity contribution is 0.00810. The van der Waals surface area contributed by atoms with Gasteiger partial charge in [-0.15, -0.1) is 0 Å². The topological polar surface area (TPSA) is 73.0 Å². The Hall–Kier alpha value is -1.53. The molecule has 27 heavy (non-hydrogen) atoms. The zero-order chi connectivity index (χ0) is 18.9. The molecule has 1 aliphatic carbocycles. The maximum Gasteiger partial charge on any atom is 0.191 e. The van der Waals surface area contributed by atoms with Crippen molar-refractivity contribution < 1.29 is 9.52 Å². The van der Waals surface area contributed by atoms with Gasteiger partial charge in [-0.2, -0.15) is 0 Å². The monoisotopic (exact) mass is 376 g/mol. The van der Waals surface area contributed by atoms with Crippen LogP contribution in [0.2, 0.25) is 0 Å². The molecule has 2 aliphatic rings. The molecule has 152 valence electrons. The first-order valence-corrected chi connectivity index (χ1v) is 10.8. The van der Waals surface area contributed by atoms with Gasteiger partial charge in [0.05, 0.1) is 12.4 Å². The molecule has 2 unspecified atom stereocenters. The maximum absolute atomic E-state index is 10.3. The lowest BCUT2D eigenvalue weighted by Crippen LogP contribution is -2.53. The molecule has 1 aliphatic heterocycles. The van der Waals surface area contributed by atoms with Gasteiger partial charge in [-0.25, -0.2) is 0 Å².